The molecule has 12 heavy (non-hydrogen) atoms. The number of hydrogen-bond acceptors (Lipinski definition) is 2. The van der Waals surface area contributed by atoms with Gasteiger partial charge in [0.15, 0.2) is 5.78 Å². The highest BCUT2D eigenvalue weighted by Crippen LogP contribution is 2.23. The van der Waals surface area contributed by atoms with Crippen molar-refractivity contribution < 1.29 is 9.59 Å². The van der Waals surface area contributed by atoms with Crippen LogP contribution in [-0.4, -0.2) is 17.7 Å². The summed E-state index contributed by atoms with van der Waals surface area (Å²) in [4.78, 5) is 22.4. The molecular weight excluding hydrogens is 154 g/mol. The van der Waals surface area contributed by atoms with E-state index in [1.165, 1.54) is 0 Å². The standard InChI is InChI=1S/C9H15NO2/c1-9(2,3)8-6(11)4-5-7(12)10-8/h8H,4-5H2,1-3H3,(H,10,12). The highest BCUT2D eigenvalue weighted by atomic mass is 16.2. The minimum atomic E-state index is -0.293. The van der Waals surface area contributed by atoms with E-state index in [4.69, 9.17) is 0 Å². The minimum absolute atomic E-state index is 0.00507. The van der Waals surface area contributed by atoms with E-state index in [9.17, 15) is 9.59 Å². The van der Waals surface area contributed by atoms with E-state index < -0.39 is 0 Å². The number of amides is 1. The topological polar surface area (TPSA) is 46.2 Å². The molecule has 1 amide bonds. The van der Waals surface area contributed by atoms with Gasteiger partial charge in [-0.3, -0.25) is 9.59 Å². The Labute approximate surface area is 72.5 Å². The number of nitrogens with one attached hydrogen (secondary N) is 1. The van der Waals surface area contributed by atoms with E-state index in [0.29, 0.717) is 12.8 Å². The summed E-state index contributed by atoms with van der Waals surface area (Å²) in [6.45, 7) is 5.88. The number of rotatable bonds is 0. The molecule has 1 atom stereocenters. The molecule has 0 aliphatic carbocycles. The fraction of sp³-hybridized carbons (Fsp3) is 0.778. The van der Waals surface area contributed by atoms with Gasteiger partial charge in [-0.2, -0.15) is 0 Å². The Hall–Kier alpha value is -0.860. The lowest BCUT2D eigenvalue weighted by Gasteiger charge is -2.32. The van der Waals surface area contributed by atoms with Gasteiger partial charge in [0.25, 0.3) is 0 Å². The van der Waals surface area contributed by atoms with Gasteiger partial charge >= 0.3 is 0 Å². The van der Waals surface area contributed by atoms with E-state index in [2.05, 4.69) is 5.32 Å². The van der Waals surface area contributed by atoms with Gasteiger partial charge < -0.3 is 5.32 Å². The van der Waals surface area contributed by atoms with Crippen LogP contribution in [0.1, 0.15) is 33.6 Å². The van der Waals surface area contributed by atoms with E-state index in [0.717, 1.165) is 0 Å². The fourth-order valence-electron chi connectivity index (χ4n) is 1.39. The first-order valence-electron chi connectivity index (χ1n) is 4.23. The smallest absolute Gasteiger partial charge is 0.221 e. The molecule has 3 heteroatoms. The predicted octanol–water partition coefficient (Wildman–Crippen LogP) is 0.880. The van der Waals surface area contributed by atoms with Crippen LogP contribution in [0.15, 0.2) is 0 Å². The summed E-state index contributed by atoms with van der Waals surface area (Å²) in [6, 6.07) is -0.293. The summed E-state index contributed by atoms with van der Waals surface area (Å²) in [5.41, 5.74) is -0.160. The van der Waals surface area contributed by atoms with Crippen LogP contribution in [0, 0.1) is 5.41 Å². The van der Waals surface area contributed by atoms with Gasteiger partial charge in [0.05, 0.1) is 6.04 Å². The summed E-state index contributed by atoms with van der Waals surface area (Å²) in [5.74, 6) is 0.150. The Bertz CT molecular complexity index is 215. The summed E-state index contributed by atoms with van der Waals surface area (Å²) >= 11 is 0. The van der Waals surface area contributed by atoms with Crippen molar-refractivity contribution in [3.8, 4) is 0 Å². The Balaban J connectivity index is 2.74. The van der Waals surface area contributed by atoms with Crippen LogP contribution in [0.5, 0.6) is 0 Å². The van der Waals surface area contributed by atoms with E-state index >= 15 is 0 Å². The van der Waals surface area contributed by atoms with Crippen molar-refractivity contribution in [2.45, 2.75) is 39.7 Å². The Kier molecular flexibility index (Phi) is 2.22. The van der Waals surface area contributed by atoms with Gasteiger partial charge in [-0.15, -0.1) is 0 Å². The quantitative estimate of drug-likeness (QED) is 0.585. The molecule has 1 unspecified atom stereocenters. The van der Waals surface area contributed by atoms with Crippen LogP contribution in [0.25, 0.3) is 0 Å². The number of carbonyl (C=O) groups excluding carboxylic acids is 2. The van der Waals surface area contributed by atoms with Crippen molar-refractivity contribution in [1.82, 2.24) is 5.32 Å². The summed E-state index contributed by atoms with van der Waals surface area (Å²) in [6.07, 6.45) is 0.749. The lowest BCUT2D eigenvalue weighted by Crippen LogP contribution is -2.52. The monoisotopic (exact) mass is 169 g/mol. The van der Waals surface area contributed by atoms with E-state index in [1.807, 2.05) is 20.8 Å². The molecule has 0 aromatic carbocycles. The van der Waals surface area contributed by atoms with Crippen LogP contribution in [0.3, 0.4) is 0 Å². The highest BCUT2D eigenvalue weighted by Gasteiger charge is 2.35. The predicted molar refractivity (Wildman–Crippen MR) is 45.6 cm³/mol. The number of ketones is 1. The Morgan fingerprint density at radius 1 is 1.25 bits per heavy atom. The van der Waals surface area contributed by atoms with Gasteiger partial charge in [0.2, 0.25) is 5.91 Å². The maximum atomic E-state index is 11.4. The van der Waals surface area contributed by atoms with Gasteiger partial charge in [0.1, 0.15) is 0 Å². The second kappa shape index (κ2) is 2.88. The van der Waals surface area contributed by atoms with Crippen molar-refractivity contribution in [3.63, 3.8) is 0 Å². The molecule has 68 valence electrons. The van der Waals surface area contributed by atoms with Crippen LogP contribution in [-0.2, 0) is 9.59 Å². The number of carbonyl (C=O) groups is 2. The molecule has 1 aliphatic rings. The zero-order valence-electron chi connectivity index (χ0n) is 7.81. The van der Waals surface area contributed by atoms with Gasteiger partial charge in [-0.1, -0.05) is 20.8 Å². The third-order valence-electron chi connectivity index (χ3n) is 2.09. The molecule has 0 saturated carbocycles. The molecular formula is C9H15NO2. The van der Waals surface area contributed by atoms with Crippen molar-refractivity contribution in [1.29, 1.82) is 0 Å². The first kappa shape index (κ1) is 9.23. The van der Waals surface area contributed by atoms with Crippen LogP contribution < -0.4 is 5.32 Å². The summed E-state index contributed by atoms with van der Waals surface area (Å²) < 4.78 is 0. The largest absolute Gasteiger partial charge is 0.346 e. The van der Waals surface area contributed by atoms with Crippen molar-refractivity contribution in [2.24, 2.45) is 5.41 Å². The SMILES string of the molecule is CC(C)(C)C1NC(=O)CCC1=O. The Morgan fingerprint density at radius 3 is 2.25 bits per heavy atom. The molecule has 0 radical (unpaired) electrons. The highest BCUT2D eigenvalue weighted by molar-refractivity contribution is 5.95. The van der Waals surface area contributed by atoms with E-state index in [-0.39, 0.29) is 23.1 Å². The number of piperidine rings is 1. The molecule has 3 nitrogen and oxygen atoms in total. The van der Waals surface area contributed by atoms with E-state index in [1.54, 1.807) is 0 Å². The third-order valence-corrected chi connectivity index (χ3v) is 2.09. The average Bonchev–Trinajstić information content (AvgIpc) is 1.92. The van der Waals surface area contributed by atoms with Gasteiger partial charge in [-0.05, 0) is 5.41 Å². The molecule has 1 N–H and O–H groups in total. The molecule has 1 saturated heterocycles. The van der Waals surface area contributed by atoms with Gasteiger partial charge in [-0.25, -0.2) is 0 Å². The minimum Gasteiger partial charge on any atom is -0.346 e. The average molecular weight is 169 g/mol. The molecule has 0 aromatic heterocycles. The zero-order chi connectivity index (χ0) is 9.35. The lowest BCUT2D eigenvalue weighted by molar-refractivity contribution is -0.135. The normalized spacial score (nSPS) is 25.4. The first-order chi connectivity index (χ1) is 5.41. The van der Waals surface area contributed by atoms with Crippen LogP contribution >= 0.6 is 0 Å². The first-order valence-corrected chi connectivity index (χ1v) is 4.23. The second-order valence-electron chi connectivity index (χ2n) is 4.33. The summed E-state index contributed by atoms with van der Waals surface area (Å²) in [5, 5.41) is 2.72. The van der Waals surface area contributed by atoms with Crippen molar-refractivity contribution >= 4 is 11.7 Å². The summed E-state index contributed by atoms with van der Waals surface area (Å²) in [7, 11) is 0. The number of hydrogen-bond donors (Lipinski definition) is 1. The maximum absolute atomic E-state index is 11.4. The molecule has 1 aliphatic heterocycles. The molecule has 0 bridgehead atoms. The van der Waals surface area contributed by atoms with Crippen molar-refractivity contribution in [2.75, 3.05) is 0 Å². The molecule has 1 fully saturated rings. The van der Waals surface area contributed by atoms with Crippen molar-refractivity contribution in [3.05, 3.63) is 0 Å². The Morgan fingerprint density at radius 2 is 1.83 bits per heavy atom. The molecule has 1 heterocycles. The third kappa shape index (κ3) is 1.84. The van der Waals surface area contributed by atoms with Gasteiger partial charge in [0, 0.05) is 12.8 Å². The van der Waals surface area contributed by atoms with Crippen LogP contribution in [0.2, 0.25) is 0 Å². The second-order valence-corrected chi connectivity index (χ2v) is 4.33. The van der Waals surface area contributed by atoms with Crippen LogP contribution in [0.4, 0.5) is 0 Å². The lowest BCUT2D eigenvalue weighted by atomic mass is 9.81. The molecule has 1 rings (SSSR count). The number of Topliss-reactive ketones (excluding diaryl/α,β-unsaturated/α-hetero) is 1. The zero-order valence-corrected chi connectivity index (χ0v) is 7.81. The molecule has 0 spiro atoms. The maximum Gasteiger partial charge on any atom is 0.221 e. The fourth-order valence-corrected chi connectivity index (χ4v) is 1.39. The molecule has 0 aromatic rings.